The summed E-state index contributed by atoms with van der Waals surface area (Å²) in [5.74, 6) is -0.194. The Morgan fingerprint density at radius 2 is 1.85 bits per heavy atom. The van der Waals surface area contributed by atoms with Crippen molar-refractivity contribution in [3.05, 3.63) is 56.8 Å². The van der Waals surface area contributed by atoms with E-state index >= 15 is 0 Å². The number of thiazole rings is 1. The normalized spacial score (nSPS) is 10.7. The van der Waals surface area contributed by atoms with Gasteiger partial charge in [0.2, 0.25) is 5.91 Å². The van der Waals surface area contributed by atoms with E-state index in [0.29, 0.717) is 17.2 Å². The molecule has 5 nitrogen and oxygen atoms in total. The molecule has 3 rings (SSSR count). The summed E-state index contributed by atoms with van der Waals surface area (Å²) >= 11 is 3.06. The molecule has 0 aliphatic heterocycles. The monoisotopic (exact) mass is 399 g/mol. The van der Waals surface area contributed by atoms with Crippen molar-refractivity contribution in [2.24, 2.45) is 0 Å². The van der Waals surface area contributed by atoms with Crippen LogP contribution >= 0.6 is 22.7 Å². The zero-order valence-electron chi connectivity index (χ0n) is 15.7. The maximum Gasteiger partial charge on any atom is 0.257 e. The molecule has 0 bridgehead atoms. The van der Waals surface area contributed by atoms with E-state index < -0.39 is 0 Å². The van der Waals surface area contributed by atoms with Crippen LogP contribution in [0.5, 0.6) is 0 Å². The number of thiophene rings is 1. The molecular formula is C20H21N3O2S2. The van der Waals surface area contributed by atoms with Crippen LogP contribution in [-0.4, -0.2) is 16.8 Å². The number of aromatic nitrogens is 1. The first-order valence-corrected chi connectivity index (χ1v) is 10.2. The minimum Gasteiger partial charge on any atom is -0.351 e. The van der Waals surface area contributed by atoms with Gasteiger partial charge in [0.05, 0.1) is 17.1 Å². The highest BCUT2D eigenvalue weighted by Crippen LogP contribution is 2.35. The summed E-state index contributed by atoms with van der Waals surface area (Å²) in [6, 6.07) is 9.70. The Bertz CT molecular complexity index is 1000. The van der Waals surface area contributed by atoms with Crippen molar-refractivity contribution in [1.29, 1.82) is 0 Å². The average molecular weight is 400 g/mol. The van der Waals surface area contributed by atoms with Gasteiger partial charge in [-0.25, -0.2) is 4.98 Å². The summed E-state index contributed by atoms with van der Waals surface area (Å²) in [5.41, 5.74) is 3.60. The van der Waals surface area contributed by atoms with Gasteiger partial charge in [0.1, 0.15) is 0 Å². The molecule has 7 heteroatoms. The lowest BCUT2D eigenvalue weighted by molar-refractivity contribution is -0.119. The second-order valence-electron chi connectivity index (χ2n) is 6.30. The molecule has 0 fully saturated rings. The first kappa shape index (κ1) is 19.3. The molecule has 0 aliphatic carbocycles. The zero-order chi connectivity index (χ0) is 19.6. The lowest BCUT2D eigenvalue weighted by Gasteiger charge is -2.07. The molecule has 1 aromatic carbocycles. The molecule has 0 saturated heterocycles. The maximum atomic E-state index is 12.6. The third kappa shape index (κ3) is 4.43. The number of hydrogen-bond donors (Lipinski definition) is 2. The standard InChI is InChI=1S/C20H21N3O2S2/c1-11-6-5-7-16(12(11)2)19(25)23-20-22-18(13(3)26-20)17-9-8-15(27-17)10-21-14(4)24/h5-9H,10H2,1-4H3,(H,21,24)(H,22,23,25). The van der Waals surface area contributed by atoms with Gasteiger partial charge in [-0.15, -0.1) is 22.7 Å². The Labute approximate surface area is 166 Å². The topological polar surface area (TPSA) is 71.1 Å². The highest BCUT2D eigenvalue weighted by molar-refractivity contribution is 7.18. The molecule has 3 aromatic rings. The first-order chi connectivity index (χ1) is 12.8. The largest absolute Gasteiger partial charge is 0.351 e. The highest BCUT2D eigenvalue weighted by atomic mass is 32.1. The molecule has 0 saturated carbocycles. The molecule has 0 atom stereocenters. The van der Waals surface area contributed by atoms with Crippen LogP contribution in [0.4, 0.5) is 5.13 Å². The third-order valence-electron chi connectivity index (χ3n) is 4.27. The van der Waals surface area contributed by atoms with E-state index in [2.05, 4.69) is 15.6 Å². The summed E-state index contributed by atoms with van der Waals surface area (Å²) in [7, 11) is 0. The second-order valence-corrected chi connectivity index (χ2v) is 8.67. The van der Waals surface area contributed by atoms with Crippen molar-refractivity contribution in [3.8, 4) is 10.6 Å². The van der Waals surface area contributed by atoms with Crippen LogP contribution in [0.15, 0.2) is 30.3 Å². The summed E-state index contributed by atoms with van der Waals surface area (Å²) in [6.07, 6.45) is 0. The molecule has 0 aliphatic rings. The number of amides is 2. The smallest absolute Gasteiger partial charge is 0.257 e. The van der Waals surface area contributed by atoms with Gasteiger partial charge in [-0.05, 0) is 50.1 Å². The highest BCUT2D eigenvalue weighted by Gasteiger charge is 2.16. The van der Waals surface area contributed by atoms with E-state index in [1.54, 1.807) is 11.3 Å². The minimum atomic E-state index is -0.144. The van der Waals surface area contributed by atoms with Crippen molar-refractivity contribution in [2.45, 2.75) is 34.2 Å². The number of anilines is 1. The molecule has 27 heavy (non-hydrogen) atoms. The quantitative estimate of drug-likeness (QED) is 0.654. The third-order valence-corrected chi connectivity index (χ3v) is 6.25. The number of aryl methyl sites for hydroxylation is 2. The van der Waals surface area contributed by atoms with Crippen molar-refractivity contribution in [3.63, 3.8) is 0 Å². The summed E-state index contributed by atoms with van der Waals surface area (Å²) < 4.78 is 0. The number of nitrogens with zero attached hydrogens (tertiary/aromatic N) is 1. The van der Waals surface area contributed by atoms with Gasteiger partial charge < -0.3 is 5.32 Å². The molecule has 0 spiro atoms. The average Bonchev–Trinajstić information content (AvgIpc) is 3.21. The van der Waals surface area contributed by atoms with E-state index in [4.69, 9.17) is 0 Å². The van der Waals surface area contributed by atoms with Crippen LogP contribution in [0.3, 0.4) is 0 Å². The minimum absolute atomic E-state index is 0.0498. The van der Waals surface area contributed by atoms with Crippen LogP contribution in [0.1, 0.15) is 38.2 Å². The molecule has 2 aromatic heterocycles. The number of benzene rings is 1. The fraction of sp³-hybridized carbons (Fsp3) is 0.250. The Morgan fingerprint density at radius 3 is 2.59 bits per heavy atom. The number of carbonyl (C=O) groups is 2. The predicted octanol–water partition coefficient (Wildman–Crippen LogP) is 4.69. The summed E-state index contributed by atoms with van der Waals surface area (Å²) in [4.78, 5) is 31.4. The number of carbonyl (C=O) groups excluding carboxylic acids is 2. The fourth-order valence-electron chi connectivity index (χ4n) is 2.65. The van der Waals surface area contributed by atoms with E-state index in [0.717, 1.165) is 31.5 Å². The SMILES string of the molecule is CC(=O)NCc1ccc(-c2nc(NC(=O)c3cccc(C)c3C)sc2C)s1. The lowest BCUT2D eigenvalue weighted by Crippen LogP contribution is -2.17. The molecular weight excluding hydrogens is 378 g/mol. The maximum absolute atomic E-state index is 12.6. The summed E-state index contributed by atoms with van der Waals surface area (Å²) in [6.45, 7) is 7.95. The van der Waals surface area contributed by atoms with E-state index in [1.165, 1.54) is 18.3 Å². The predicted molar refractivity (Wildman–Crippen MR) is 112 cm³/mol. The molecule has 0 radical (unpaired) electrons. The van der Waals surface area contributed by atoms with Gasteiger partial charge in [-0.3, -0.25) is 14.9 Å². The lowest BCUT2D eigenvalue weighted by atomic mass is 10.0. The van der Waals surface area contributed by atoms with E-state index in [9.17, 15) is 9.59 Å². The van der Waals surface area contributed by atoms with Crippen LogP contribution in [0.2, 0.25) is 0 Å². The second kappa shape index (κ2) is 8.02. The Hall–Kier alpha value is -2.51. The van der Waals surface area contributed by atoms with Gasteiger partial charge in [-0.1, -0.05) is 12.1 Å². The van der Waals surface area contributed by atoms with Crippen LogP contribution in [0.25, 0.3) is 10.6 Å². The molecule has 2 amide bonds. The van der Waals surface area contributed by atoms with Crippen molar-refractivity contribution >= 4 is 39.6 Å². The van der Waals surface area contributed by atoms with Crippen LogP contribution < -0.4 is 10.6 Å². The fourth-order valence-corrected chi connectivity index (χ4v) is 4.53. The van der Waals surface area contributed by atoms with Crippen molar-refractivity contribution in [1.82, 2.24) is 10.3 Å². The molecule has 2 N–H and O–H groups in total. The zero-order valence-corrected chi connectivity index (χ0v) is 17.3. The van der Waals surface area contributed by atoms with Gasteiger partial charge in [0, 0.05) is 22.2 Å². The van der Waals surface area contributed by atoms with Crippen LogP contribution in [0, 0.1) is 20.8 Å². The first-order valence-electron chi connectivity index (χ1n) is 8.53. The van der Waals surface area contributed by atoms with Crippen molar-refractivity contribution in [2.75, 3.05) is 5.32 Å². The van der Waals surface area contributed by atoms with Gasteiger partial charge in [0.15, 0.2) is 5.13 Å². The van der Waals surface area contributed by atoms with Gasteiger partial charge in [-0.2, -0.15) is 0 Å². The van der Waals surface area contributed by atoms with E-state index in [1.807, 2.05) is 51.1 Å². The van der Waals surface area contributed by atoms with Crippen molar-refractivity contribution < 1.29 is 9.59 Å². The molecule has 0 unspecified atom stereocenters. The number of nitrogens with one attached hydrogen (secondary N) is 2. The Kier molecular flexibility index (Phi) is 5.72. The van der Waals surface area contributed by atoms with Gasteiger partial charge in [0.25, 0.3) is 5.91 Å². The number of hydrogen-bond acceptors (Lipinski definition) is 5. The van der Waals surface area contributed by atoms with Gasteiger partial charge >= 0.3 is 0 Å². The summed E-state index contributed by atoms with van der Waals surface area (Å²) in [5, 5.41) is 6.31. The van der Waals surface area contributed by atoms with Crippen LogP contribution in [-0.2, 0) is 11.3 Å². The molecule has 140 valence electrons. The number of rotatable bonds is 5. The van der Waals surface area contributed by atoms with E-state index in [-0.39, 0.29) is 11.8 Å². The Morgan fingerprint density at radius 1 is 1.07 bits per heavy atom. The molecule has 2 heterocycles. The Balaban J connectivity index is 1.77.